The van der Waals surface area contributed by atoms with Crippen LogP contribution in [0.1, 0.15) is 12.8 Å². The highest BCUT2D eigenvalue weighted by atomic mass is 32.2. The average Bonchev–Trinajstić information content (AvgIpc) is 2.70. The molecule has 0 saturated carbocycles. The van der Waals surface area contributed by atoms with Gasteiger partial charge in [0.25, 0.3) is 5.91 Å². The molecule has 0 unspecified atom stereocenters. The molecular formula is C20H22N2O4S. The summed E-state index contributed by atoms with van der Waals surface area (Å²) in [4.78, 5) is 37.9. The Labute approximate surface area is 162 Å². The number of amides is 2. The van der Waals surface area contributed by atoms with Gasteiger partial charge in [-0.25, -0.2) is 0 Å². The molecule has 2 N–H and O–H groups in total. The maximum absolute atomic E-state index is 12.2. The minimum absolute atomic E-state index is 0.134. The van der Waals surface area contributed by atoms with Crippen molar-refractivity contribution >= 4 is 40.3 Å². The van der Waals surface area contributed by atoms with Crippen LogP contribution >= 0.6 is 11.8 Å². The maximum Gasteiger partial charge on any atom is 0.316 e. The molecule has 1 atom stereocenters. The first-order chi connectivity index (χ1) is 13.0. The number of primary amides is 1. The molecule has 1 aliphatic heterocycles. The van der Waals surface area contributed by atoms with E-state index in [4.69, 9.17) is 10.5 Å². The molecule has 1 fully saturated rings. The van der Waals surface area contributed by atoms with E-state index < -0.39 is 11.9 Å². The van der Waals surface area contributed by atoms with Crippen LogP contribution in [0.3, 0.4) is 0 Å². The van der Waals surface area contributed by atoms with Gasteiger partial charge in [-0.05, 0) is 35.7 Å². The molecule has 1 saturated heterocycles. The van der Waals surface area contributed by atoms with Crippen molar-refractivity contribution in [3.63, 3.8) is 0 Å². The Morgan fingerprint density at radius 1 is 1.15 bits per heavy atom. The van der Waals surface area contributed by atoms with Crippen molar-refractivity contribution in [2.24, 2.45) is 11.7 Å². The van der Waals surface area contributed by atoms with Crippen molar-refractivity contribution in [2.75, 3.05) is 25.4 Å². The van der Waals surface area contributed by atoms with Crippen molar-refractivity contribution in [1.82, 2.24) is 4.90 Å². The number of esters is 1. The molecule has 2 amide bonds. The zero-order chi connectivity index (χ0) is 19.2. The number of benzene rings is 2. The van der Waals surface area contributed by atoms with E-state index in [0.29, 0.717) is 19.5 Å². The van der Waals surface area contributed by atoms with Crippen molar-refractivity contribution < 1.29 is 19.1 Å². The number of carbonyl (C=O) groups excluding carboxylic acids is 3. The number of nitrogens with two attached hydrogens (primary N) is 1. The van der Waals surface area contributed by atoms with Crippen LogP contribution in [-0.4, -0.2) is 48.1 Å². The van der Waals surface area contributed by atoms with Gasteiger partial charge >= 0.3 is 5.97 Å². The lowest BCUT2D eigenvalue weighted by atomic mass is 9.97. The monoisotopic (exact) mass is 386 g/mol. The van der Waals surface area contributed by atoms with Gasteiger partial charge in [0.05, 0.1) is 11.7 Å². The minimum atomic E-state index is -0.440. The third-order valence-corrected chi connectivity index (χ3v) is 5.58. The van der Waals surface area contributed by atoms with E-state index in [2.05, 4.69) is 0 Å². The van der Waals surface area contributed by atoms with Crippen molar-refractivity contribution in [3.05, 3.63) is 42.5 Å². The topological polar surface area (TPSA) is 89.7 Å². The summed E-state index contributed by atoms with van der Waals surface area (Å²) >= 11 is 1.37. The fraction of sp³-hybridized carbons (Fsp3) is 0.350. The number of fused-ring (bicyclic) bond motifs is 1. The summed E-state index contributed by atoms with van der Waals surface area (Å²) in [6.07, 6.45) is 1.42. The number of piperidine rings is 1. The van der Waals surface area contributed by atoms with E-state index in [1.165, 1.54) is 11.8 Å². The molecule has 1 heterocycles. The number of hydrogen-bond donors (Lipinski definition) is 1. The molecule has 2 aromatic carbocycles. The maximum atomic E-state index is 12.2. The third kappa shape index (κ3) is 5.23. The zero-order valence-electron chi connectivity index (χ0n) is 14.9. The number of hydrogen-bond acceptors (Lipinski definition) is 5. The average molecular weight is 386 g/mol. The molecule has 2 aromatic rings. The number of nitrogens with zero attached hydrogens (tertiary/aromatic N) is 1. The first kappa shape index (κ1) is 19.2. The molecular weight excluding hydrogens is 364 g/mol. The van der Waals surface area contributed by atoms with Crippen LogP contribution in [-0.2, 0) is 19.1 Å². The Balaban J connectivity index is 1.44. The summed E-state index contributed by atoms with van der Waals surface area (Å²) in [5.74, 6) is -1.30. The van der Waals surface area contributed by atoms with Gasteiger partial charge in [-0.15, -0.1) is 11.8 Å². The van der Waals surface area contributed by atoms with Crippen LogP contribution < -0.4 is 5.73 Å². The van der Waals surface area contributed by atoms with Gasteiger partial charge < -0.3 is 15.4 Å². The zero-order valence-corrected chi connectivity index (χ0v) is 15.7. The van der Waals surface area contributed by atoms with Gasteiger partial charge in [-0.1, -0.05) is 30.3 Å². The summed E-state index contributed by atoms with van der Waals surface area (Å²) < 4.78 is 5.09. The highest BCUT2D eigenvalue weighted by molar-refractivity contribution is 8.00. The van der Waals surface area contributed by atoms with Crippen molar-refractivity contribution in [1.29, 1.82) is 0 Å². The predicted octanol–water partition coefficient (Wildman–Crippen LogP) is 2.20. The summed E-state index contributed by atoms with van der Waals surface area (Å²) in [6, 6.07) is 14.0. The Hall–Kier alpha value is -2.54. The molecule has 0 radical (unpaired) electrons. The minimum Gasteiger partial charge on any atom is -0.455 e. The van der Waals surface area contributed by atoms with E-state index >= 15 is 0 Å². The largest absolute Gasteiger partial charge is 0.455 e. The van der Waals surface area contributed by atoms with Gasteiger partial charge in [-0.3, -0.25) is 14.4 Å². The lowest BCUT2D eigenvalue weighted by molar-refractivity contribution is -0.151. The standard InChI is InChI=1S/C20H22N2O4S/c21-20(25)16-6-3-9-22(11-16)18(23)12-26-19(24)13-27-17-8-7-14-4-1-2-5-15(14)10-17/h1-2,4-5,7-8,10,16H,3,6,9,11-13H2,(H2,21,25)/t16-/m0/s1. The summed E-state index contributed by atoms with van der Waals surface area (Å²) in [5.41, 5.74) is 5.32. The van der Waals surface area contributed by atoms with Gasteiger partial charge in [0.1, 0.15) is 0 Å². The highest BCUT2D eigenvalue weighted by Gasteiger charge is 2.27. The molecule has 7 heteroatoms. The molecule has 0 spiro atoms. The lowest BCUT2D eigenvalue weighted by Crippen LogP contribution is -2.45. The summed E-state index contributed by atoms with van der Waals surface area (Å²) in [5, 5.41) is 2.26. The van der Waals surface area contributed by atoms with Gasteiger partial charge in [0.2, 0.25) is 5.91 Å². The van der Waals surface area contributed by atoms with Gasteiger partial charge in [-0.2, -0.15) is 0 Å². The van der Waals surface area contributed by atoms with E-state index in [-0.39, 0.29) is 24.2 Å². The normalized spacial score (nSPS) is 16.9. The first-order valence-corrected chi connectivity index (χ1v) is 9.86. The van der Waals surface area contributed by atoms with E-state index in [9.17, 15) is 14.4 Å². The van der Waals surface area contributed by atoms with Crippen molar-refractivity contribution in [2.45, 2.75) is 17.7 Å². The summed E-state index contributed by atoms with van der Waals surface area (Å²) in [7, 11) is 0. The number of likely N-dealkylation sites (tertiary alicyclic amines) is 1. The third-order valence-electron chi connectivity index (χ3n) is 4.61. The molecule has 3 rings (SSSR count). The molecule has 0 aromatic heterocycles. The SMILES string of the molecule is NC(=O)[C@H]1CCCN(C(=O)COC(=O)CSc2ccc3ccccc3c2)C1. The van der Waals surface area contributed by atoms with E-state index in [1.807, 2.05) is 42.5 Å². The molecule has 0 aliphatic carbocycles. The second kappa shape index (κ2) is 8.90. The van der Waals surface area contributed by atoms with Gasteiger partial charge in [0, 0.05) is 18.0 Å². The number of carbonyl (C=O) groups is 3. The smallest absolute Gasteiger partial charge is 0.316 e. The second-order valence-electron chi connectivity index (χ2n) is 6.54. The van der Waals surface area contributed by atoms with Crippen LogP contribution in [0.4, 0.5) is 0 Å². The molecule has 6 nitrogen and oxygen atoms in total. The fourth-order valence-corrected chi connectivity index (χ4v) is 3.85. The molecule has 0 bridgehead atoms. The quantitative estimate of drug-likeness (QED) is 0.607. The number of ether oxygens (including phenoxy) is 1. The Kier molecular flexibility index (Phi) is 6.34. The molecule has 142 valence electrons. The second-order valence-corrected chi connectivity index (χ2v) is 7.59. The lowest BCUT2D eigenvalue weighted by Gasteiger charge is -2.31. The van der Waals surface area contributed by atoms with Crippen LogP contribution in [0, 0.1) is 5.92 Å². The van der Waals surface area contributed by atoms with Crippen LogP contribution in [0.15, 0.2) is 47.4 Å². The molecule has 1 aliphatic rings. The number of rotatable bonds is 6. The van der Waals surface area contributed by atoms with E-state index in [0.717, 1.165) is 22.1 Å². The number of thioether (sulfide) groups is 1. The van der Waals surface area contributed by atoms with Crippen LogP contribution in [0.2, 0.25) is 0 Å². The predicted molar refractivity (Wildman–Crippen MR) is 104 cm³/mol. The Bertz CT molecular complexity index is 855. The van der Waals surface area contributed by atoms with Gasteiger partial charge in [0.15, 0.2) is 6.61 Å². The summed E-state index contributed by atoms with van der Waals surface area (Å²) in [6.45, 7) is 0.562. The van der Waals surface area contributed by atoms with E-state index in [1.54, 1.807) is 4.90 Å². The Morgan fingerprint density at radius 3 is 2.70 bits per heavy atom. The fourth-order valence-electron chi connectivity index (χ4n) is 3.11. The van der Waals surface area contributed by atoms with Crippen molar-refractivity contribution in [3.8, 4) is 0 Å². The molecule has 27 heavy (non-hydrogen) atoms. The van der Waals surface area contributed by atoms with Crippen LogP contribution in [0.25, 0.3) is 10.8 Å². The first-order valence-electron chi connectivity index (χ1n) is 8.87. The van der Waals surface area contributed by atoms with Crippen LogP contribution in [0.5, 0.6) is 0 Å². The highest BCUT2D eigenvalue weighted by Crippen LogP contribution is 2.23. The Morgan fingerprint density at radius 2 is 1.93 bits per heavy atom.